The third kappa shape index (κ3) is 5.89. The Balaban J connectivity index is 1.23. The maximum absolute atomic E-state index is 15.4. The quantitative estimate of drug-likeness (QED) is 0.118. The van der Waals surface area contributed by atoms with Crippen molar-refractivity contribution in [3.05, 3.63) is 167 Å². The molecule has 10 rings (SSSR count). The summed E-state index contributed by atoms with van der Waals surface area (Å²) in [7, 11) is 0. The van der Waals surface area contributed by atoms with E-state index in [0.717, 1.165) is 52.6 Å². The molecule has 6 atom stereocenters. The van der Waals surface area contributed by atoms with Crippen LogP contribution in [-0.2, 0) is 24.5 Å². The number of amides is 2. The summed E-state index contributed by atoms with van der Waals surface area (Å²) in [5.74, 6) is 3.88. The summed E-state index contributed by atoms with van der Waals surface area (Å²) in [5, 5.41) is 17.1. The molecule has 2 fully saturated rings. The van der Waals surface area contributed by atoms with Crippen LogP contribution in [0.25, 0.3) is 10.2 Å². The van der Waals surface area contributed by atoms with Crippen molar-refractivity contribution in [2.75, 3.05) is 10.6 Å². The van der Waals surface area contributed by atoms with Crippen LogP contribution in [0.1, 0.15) is 71.7 Å². The van der Waals surface area contributed by atoms with Gasteiger partial charge in [0.25, 0.3) is 0 Å². The van der Waals surface area contributed by atoms with Gasteiger partial charge in [0.1, 0.15) is 23.3 Å². The predicted molar refractivity (Wildman–Crippen MR) is 223 cm³/mol. The smallest absolute Gasteiger partial charge is 0.324 e. The number of thiazole rings is 1. The highest BCUT2D eigenvalue weighted by atomic mass is 32.1. The van der Waals surface area contributed by atoms with Gasteiger partial charge in [0, 0.05) is 11.3 Å². The number of ether oxygens (including phenoxy) is 1. The standard InChI is InChI=1S/C48H38N4O5S/c53-34-25-23-33(24-26-34)43-48(35-28-30(22-27-36(35)49-46(48)56)21-20-29-12-4-1-5-13-29)39(44(54)51-47-50-37-18-10-11-19-38(37)58-47)41-45(55)57-42(32-16-8-3-9-17-32)40(52(41)43)31-14-6-2-7-15-31/h2-3,6-12,14-19,22-28,39-43,53H,1,4-5,13H2,(H,49,56)(H,50,51,54)/t39-,40-,41-,42+,43+,48-/m0/s1. The number of phenols is 1. The molecule has 10 heteroatoms. The normalized spacial score (nSPS) is 24.9. The van der Waals surface area contributed by atoms with Crippen LogP contribution in [-0.4, -0.2) is 38.8 Å². The number of para-hydroxylation sites is 1. The van der Waals surface area contributed by atoms with Crippen molar-refractivity contribution in [2.45, 2.75) is 55.3 Å². The fraction of sp³-hybridized carbons (Fsp3) is 0.208. The summed E-state index contributed by atoms with van der Waals surface area (Å²) in [5.41, 5.74) is 4.18. The molecule has 286 valence electrons. The van der Waals surface area contributed by atoms with Gasteiger partial charge in [-0.15, -0.1) is 0 Å². The number of carbonyl (C=O) groups is 3. The molecule has 2 saturated heterocycles. The Morgan fingerprint density at radius 2 is 1.59 bits per heavy atom. The topological polar surface area (TPSA) is 121 Å². The second-order valence-electron chi connectivity index (χ2n) is 15.3. The van der Waals surface area contributed by atoms with Crippen LogP contribution >= 0.6 is 11.3 Å². The van der Waals surface area contributed by atoms with Crippen molar-refractivity contribution in [3.63, 3.8) is 0 Å². The fourth-order valence-corrected chi connectivity index (χ4v) is 10.4. The van der Waals surface area contributed by atoms with Crippen molar-refractivity contribution in [2.24, 2.45) is 5.92 Å². The van der Waals surface area contributed by atoms with Gasteiger partial charge in [-0.2, -0.15) is 0 Å². The van der Waals surface area contributed by atoms with E-state index in [9.17, 15) is 5.11 Å². The number of hydrogen-bond acceptors (Lipinski definition) is 8. The van der Waals surface area contributed by atoms with Crippen LogP contribution in [0.2, 0.25) is 0 Å². The van der Waals surface area contributed by atoms with Crippen LogP contribution in [0.4, 0.5) is 10.8 Å². The molecule has 9 nitrogen and oxygen atoms in total. The molecule has 0 bridgehead atoms. The Morgan fingerprint density at radius 3 is 2.33 bits per heavy atom. The van der Waals surface area contributed by atoms with Gasteiger partial charge in [0.15, 0.2) is 5.13 Å². The van der Waals surface area contributed by atoms with E-state index in [1.165, 1.54) is 11.3 Å². The van der Waals surface area contributed by atoms with E-state index in [4.69, 9.17) is 9.72 Å². The number of hydrogen-bond donors (Lipinski definition) is 3. The summed E-state index contributed by atoms with van der Waals surface area (Å²) >= 11 is 1.32. The van der Waals surface area contributed by atoms with E-state index >= 15 is 14.4 Å². The number of benzene rings is 5. The van der Waals surface area contributed by atoms with Crippen molar-refractivity contribution < 1.29 is 24.2 Å². The molecule has 4 heterocycles. The van der Waals surface area contributed by atoms with Crippen LogP contribution in [0, 0.1) is 17.8 Å². The zero-order valence-electron chi connectivity index (χ0n) is 31.3. The van der Waals surface area contributed by atoms with Crippen molar-refractivity contribution in [3.8, 4) is 17.6 Å². The summed E-state index contributed by atoms with van der Waals surface area (Å²) in [6.07, 6.45) is 5.55. The average Bonchev–Trinajstić information content (AvgIpc) is 3.91. The van der Waals surface area contributed by atoms with Crippen molar-refractivity contribution in [1.82, 2.24) is 9.88 Å². The number of cyclic esters (lactones) is 1. The Morgan fingerprint density at radius 1 is 0.845 bits per heavy atom. The Labute approximate surface area is 339 Å². The van der Waals surface area contributed by atoms with E-state index in [1.54, 1.807) is 24.3 Å². The Hall–Kier alpha value is -6.54. The summed E-state index contributed by atoms with van der Waals surface area (Å²) in [6, 6.07) is 36.5. The number of rotatable bonds is 5. The van der Waals surface area contributed by atoms with E-state index < -0.39 is 53.3 Å². The Bertz CT molecular complexity index is 2650. The molecule has 3 N–H and O–H groups in total. The number of carbonyl (C=O) groups excluding carboxylic acids is 3. The average molecular weight is 783 g/mol. The van der Waals surface area contributed by atoms with Gasteiger partial charge in [-0.25, -0.2) is 4.98 Å². The van der Waals surface area contributed by atoms with Gasteiger partial charge in [-0.1, -0.05) is 114 Å². The second-order valence-corrected chi connectivity index (χ2v) is 16.3. The lowest BCUT2D eigenvalue weighted by Crippen LogP contribution is -2.53. The van der Waals surface area contributed by atoms with E-state index in [2.05, 4.69) is 28.6 Å². The first-order chi connectivity index (χ1) is 28.4. The van der Waals surface area contributed by atoms with Crippen LogP contribution in [0.3, 0.4) is 0 Å². The van der Waals surface area contributed by atoms with Gasteiger partial charge in [0.2, 0.25) is 11.8 Å². The Kier molecular flexibility index (Phi) is 8.92. The lowest BCUT2D eigenvalue weighted by molar-refractivity contribution is -0.177. The maximum atomic E-state index is 15.4. The van der Waals surface area contributed by atoms with Crippen LogP contribution < -0.4 is 10.6 Å². The number of allylic oxidation sites excluding steroid dienone is 2. The SMILES string of the molecule is O=C1O[C@H](c2ccccc2)[C@H](c2ccccc2)N2[C@H]1[C@@H](C(=O)Nc1nc3ccccc3s1)[C@]1(C(=O)Nc3ccc(C#CC4=CCCCC4)cc31)[C@H]2c1ccc(O)cc1. The monoisotopic (exact) mass is 782 g/mol. The van der Waals surface area contributed by atoms with Crippen LogP contribution in [0.5, 0.6) is 5.75 Å². The number of fused-ring (bicyclic) bond motifs is 4. The molecule has 1 aromatic heterocycles. The third-order valence-electron chi connectivity index (χ3n) is 12.0. The first-order valence-corrected chi connectivity index (χ1v) is 20.4. The number of anilines is 2. The van der Waals surface area contributed by atoms with Crippen molar-refractivity contribution in [1.29, 1.82) is 0 Å². The van der Waals surface area contributed by atoms with E-state index in [-0.39, 0.29) is 5.75 Å². The number of aromatic hydroxyl groups is 1. The molecule has 6 aromatic rings. The first kappa shape index (κ1) is 35.8. The molecule has 2 amide bonds. The molecule has 0 radical (unpaired) electrons. The second kappa shape index (κ2) is 14.4. The molecule has 0 unspecified atom stereocenters. The predicted octanol–water partition coefficient (Wildman–Crippen LogP) is 8.76. The van der Waals surface area contributed by atoms with Gasteiger partial charge < -0.3 is 20.5 Å². The van der Waals surface area contributed by atoms with Crippen LogP contribution in [0.15, 0.2) is 139 Å². The number of morpholine rings is 1. The lowest BCUT2D eigenvalue weighted by Gasteiger charge is -2.46. The maximum Gasteiger partial charge on any atom is 0.324 e. The minimum Gasteiger partial charge on any atom is -0.508 e. The number of nitrogens with one attached hydrogen (secondary N) is 2. The number of aromatic nitrogens is 1. The fourth-order valence-electron chi connectivity index (χ4n) is 9.54. The van der Waals surface area contributed by atoms with Gasteiger partial charge >= 0.3 is 5.97 Å². The van der Waals surface area contributed by atoms with E-state index in [0.29, 0.717) is 27.5 Å². The highest BCUT2D eigenvalue weighted by Crippen LogP contribution is 2.65. The molecule has 5 aromatic carbocycles. The molecule has 58 heavy (non-hydrogen) atoms. The molecule has 1 spiro atoms. The highest BCUT2D eigenvalue weighted by Gasteiger charge is 2.74. The molecular formula is C48H38N4O5S. The molecular weight excluding hydrogens is 745 g/mol. The third-order valence-corrected chi connectivity index (χ3v) is 12.9. The summed E-state index contributed by atoms with van der Waals surface area (Å²) in [6.45, 7) is 0. The lowest BCUT2D eigenvalue weighted by atomic mass is 9.65. The zero-order valence-corrected chi connectivity index (χ0v) is 32.1. The molecule has 0 saturated carbocycles. The molecule has 1 aliphatic carbocycles. The zero-order chi connectivity index (χ0) is 39.4. The first-order valence-electron chi connectivity index (χ1n) is 19.6. The highest BCUT2D eigenvalue weighted by molar-refractivity contribution is 7.22. The largest absolute Gasteiger partial charge is 0.508 e. The molecule has 3 aliphatic heterocycles. The van der Waals surface area contributed by atoms with E-state index in [1.807, 2.05) is 108 Å². The summed E-state index contributed by atoms with van der Waals surface area (Å²) < 4.78 is 7.40. The summed E-state index contributed by atoms with van der Waals surface area (Å²) in [4.78, 5) is 52.6. The molecule has 4 aliphatic rings. The minimum absolute atomic E-state index is 0.0446. The van der Waals surface area contributed by atoms with Crippen molar-refractivity contribution >= 4 is 50.2 Å². The van der Waals surface area contributed by atoms with Gasteiger partial charge in [-0.3, -0.25) is 19.3 Å². The number of phenolic OH excluding ortho intramolecular Hbond substituents is 1. The minimum atomic E-state index is -1.68. The number of esters is 1. The van der Waals surface area contributed by atoms with Gasteiger partial charge in [-0.05, 0) is 96.0 Å². The number of nitrogens with zero attached hydrogens (tertiary/aromatic N) is 2. The van der Waals surface area contributed by atoms with Gasteiger partial charge in [0.05, 0.1) is 28.2 Å².